The zero-order valence-electron chi connectivity index (χ0n) is 26.2. The number of aliphatic hydroxyl groups is 5. The molecule has 1 fully saturated rings. The maximum atomic E-state index is 12.4. The van der Waals surface area contributed by atoms with Crippen molar-refractivity contribution in [2.24, 2.45) is 5.92 Å². The third kappa shape index (κ3) is 14.3. The predicted octanol–water partition coefficient (Wildman–Crippen LogP) is 4.29. The van der Waals surface area contributed by atoms with Crippen molar-refractivity contribution in [1.82, 2.24) is 9.55 Å². The van der Waals surface area contributed by atoms with Gasteiger partial charge in [-0.15, -0.1) is 0 Å². The number of carbonyl (C=O) groups is 1. The van der Waals surface area contributed by atoms with Crippen LogP contribution in [0.2, 0.25) is 0 Å². The molecule has 0 saturated heterocycles. The van der Waals surface area contributed by atoms with Gasteiger partial charge in [0.1, 0.15) is 24.9 Å². The van der Waals surface area contributed by atoms with E-state index in [1.54, 1.807) is 23.3 Å². The molecule has 1 saturated carbocycles. The van der Waals surface area contributed by atoms with Crippen LogP contribution in [-0.2, 0) is 14.2 Å². The van der Waals surface area contributed by atoms with Gasteiger partial charge in [-0.2, -0.15) is 0 Å². The number of unbranched alkanes of at least 4 members (excludes halogenated alkanes) is 15. The molecule has 11 nitrogen and oxygen atoms in total. The van der Waals surface area contributed by atoms with Crippen LogP contribution in [0.1, 0.15) is 116 Å². The highest BCUT2D eigenvalue weighted by Gasteiger charge is 2.50. The van der Waals surface area contributed by atoms with E-state index in [0.29, 0.717) is 6.61 Å². The maximum Gasteiger partial charge on any atom is 0.508 e. The van der Waals surface area contributed by atoms with Gasteiger partial charge >= 0.3 is 6.16 Å². The standard InChI is InChI=1S/C32H58N2O9/c1-2-3-4-5-6-7-8-9-10-11-12-13-14-15-16-17-20-41-22-25(34-19-18-33-24-34)23-42-32(40)43-31-28(37)26(21-35)27(36)29(38)30(31)39/h18-19,24-31,35-39H,2-17,20-23H2,1H3/t25-,26?,27?,28?,29?,30?,31?/m1/s1. The average molecular weight is 615 g/mol. The second kappa shape index (κ2) is 22.7. The van der Waals surface area contributed by atoms with Crippen LogP contribution in [0.5, 0.6) is 0 Å². The lowest BCUT2D eigenvalue weighted by atomic mass is 9.79. The molecule has 250 valence electrons. The molecule has 0 amide bonds. The van der Waals surface area contributed by atoms with Gasteiger partial charge in [0.2, 0.25) is 0 Å². The molecule has 1 aliphatic carbocycles. The lowest BCUT2D eigenvalue weighted by molar-refractivity contribution is -0.213. The average Bonchev–Trinajstić information content (AvgIpc) is 3.54. The summed E-state index contributed by atoms with van der Waals surface area (Å²) < 4.78 is 17.9. The summed E-state index contributed by atoms with van der Waals surface area (Å²) in [5.41, 5.74) is 0. The SMILES string of the molecule is CCCCCCCCCCCCCCCCCCOC[C@H](COC(=O)OC1C(O)C(O)C(O)C(CO)C1O)n1ccnc1. The summed E-state index contributed by atoms with van der Waals surface area (Å²) in [5, 5.41) is 49.8. The fraction of sp³-hybridized carbons (Fsp3) is 0.875. The van der Waals surface area contributed by atoms with Crippen LogP contribution in [0.3, 0.4) is 0 Å². The number of aliphatic hydroxyl groups excluding tert-OH is 5. The topological polar surface area (TPSA) is 164 Å². The monoisotopic (exact) mass is 614 g/mol. The van der Waals surface area contributed by atoms with Crippen LogP contribution in [0.25, 0.3) is 0 Å². The molecule has 1 aromatic heterocycles. The van der Waals surface area contributed by atoms with Gasteiger partial charge in [0.05, 0.1) is 31.7 Å². The van der Waals surface area contributed by atoms with Gasteiger partial charge in [0.15, 0.2) is 6.10 Å². The van der Waals surface area contributed by atoms with Crippen LogP contribution in [0.4, 0.5) is 4.79 Å². The first-order chi connectivity index (χ1) is 20.9. The van der Waals surface area contributed by atoms with E-state index in [-0.39, 0.29) is 19.3 Å². The molecule has 0 spiro atoms. The lowest BCUT2D eigenvalue weighted by Gasteiger charge is -2.42. The van der Waals surface area contributed by atoms with Gasteiger partial charge < -0.3 is 44.3 Å². The zero-order chi connectivity index (χ0) is 31.3. The van der Waals surface area contributed by atoms with E-state index in [1.807, 2.05) is 0 Å². The minimum atomic E-state index is -1.74. The largest absolute Gasteiger partial charge is 0.508 e. The molecule has 2 rings (SSSR count). The Morgan fingerprint density at radius 2 is 1.33 bits per heavy atom. The number of hydrogen-bond donors (Lipinski definition) is 5. The molecule has 7 atom stereocenters. The highest BCUT2D eigenvalue weighted by molar-refractivity contribution is 5.60. The van der Waals surface area contributed by atoms with Crippen molar-refractivity contribution in [3.05, 3.63) is 18.7 Å². The van der Waals surface area contributed by atoms with Crippen molar-refractivity contribution >= 4 is 6.16 Å². The van der Waals surface area contributed by atoms with Crippen LogP contribution in [0.15, 0.2) is 18.7 Å². The van der Waals surface area contributed by atoms with Gasteiger partial charge in [-0.25, -0.2) is 9.78 Å². The Hall–Kier alpha value is -1.76. The molecule has 5 N–H and O–H groups in total. The Kier molecular flexibility index (Phi) is 19.8. The quantitative estimate of drug-likeness (QED) is 0.0838. The molecule has 0 radical (unpaired) electrons. The summed E-state index contributed by atoms with van der Waals surface area (Å²) in [6.07, 6.45) is 16.5. The van der Waals surface area contributed by atoms with E-state index in [0.717, 1.165) is 12.8 Å². The predicted molar refractivity (Wildman–Crippen MR) is 162 cm³/mol. The van der Waals surface area contributed by atoms with E-state index in [9.17, 15) is 30.3 Å². The van der Waals surface area contributed by atoms with Gasteiger partial charge in [-0.05, 0) is 6.42 Å². The van der Waals surface area contributed by atoms with Crippen LogP contribution < -0.4 is 0 Å². The van der Waals surface area contributed by atoms with Crippen molar-refractivity contribution < 1.29 is 44.5 Å². The van der Waals surface area contributed by atoms with Gasteiger partial charge in [-0.1, -0.05) is 103 Å². The van der Waals surface area contributed by atoms with Crippen LogP contribution in [-0.4, -0.2) is 98.2 Å². The van der Waals surface area contributed by atoms with E-state index in [2.05, 4.69) is 11.9 Å². The Morgan fingerprint density at radius 1 is 0.767 bits per heavy atom. The molecule has 1 aromatic rings. The van der Waals surface area contributed by atoms with E-state index >= 15 is 0 Å². The summed E-state index contributed by atoms with van der Waals surface area (Å²) in [4.78, 5) is 16.4. The van der Waals surface area contributed by atoms with Crippen LogP contribution >= 0.6 is 0 Å². The molecule has 6 unspecified atom stereocenters. The van der Waals surface area contributed by atoms with Crippen molar-refractivity contribution in [2.45, 2.75) is 146 Å². The van der Waals surface area contributed by atoms with Crippen molar-refractivity contribution in [1.29, 1.82) is 0 Å². The highest BCUT2D eigenvalue weighted by atomic mass is 16.7. The number of hydrogen-bond acceptors (Lipinski definition) is 10. The molecule has 1 aliphatic rings. The molecule has 0 aliphatic heterocycles. The van der Waals surface area contributed by atoms with Gasteiger partial charge in [0.25, 0.3) is 0 Å². The van der Waals surface area contributed by atoms with Gasteiger partial charge in [0, 0.05) is 24.9 Å². The minimum Gasteiger partial charge on any atom is -0.432 e. The highest BCUT2D eigenvalue weighted by Crippen LogP contribution is 2.28. The first kappa shape index (κ1) is 37.4. The zero-order valence-corrected chi connectivity index (χ0v) is 26.2. The first-order valence-corrected chi connectivity index (χ1v) is 16.6. The molecule has 0 bridgehead atoms. The summed E-state index contributed by atoms with van der Waals surface area (Å²) in [6, 6.07) is -0.366. The van der Waals surface area contributed by atoms with E-state index < -0.39 is 49.2 Å². The van der Waals surface area contributed by atoms with Crippen LogP contribution in [0, 0.1) is 5.92 Å². The molecule has 1 heterocycles. The number of ether oxygens (including phenoxy) is 3. The second-order valence-corrected chi connectivity index (χ2v) is 12.0. The van der Waals surface area contributed by atoms with E-state index in [4.69, 9.17) is 14.2 Å². The number of rotatable bonds is 24. The summed E-state index contributed by atoms with van der Waals surface area (Å²) in [6.45, 7) is 2.37. The fourth-order valence-corrected chi connectivity index (χ4v) is 5.64. The Bertz CT molecular complexity index is 813. The number of carbonyl (C=O) groups excluding carboxylic acids is 1. The molecular weight excluding hydrogens is 556 g/mol. The minimum absolute atomic E-state index is 0.109. The van der Waals surface area contributed by atoms with Gasteiger partial charge in [-0.3, -0.25) is 0 Å². The normalized spacial score (nSPS) is 24.6. The number of imidazole rings is 1. The number of aromatic nitrogens is 2. The maximum absolute atomic E-state index is 12.4. The Morgan fingerprint density at radius 3 is 1.84 bits per heavy atom. The molecule has 0 aromatic carbocycles. The smallest absolute Gasteiger partial charge is 0.432 e. The van der Waals surface area contributed by atoms with Crippen molar-refractivity contribution in [2.75, 3.05) is 26.4 Å². The first-order valence-electron chi connectivity index (χ1n) is 16.6. The summed E-state index contributed by atoms with van der Waals surface area (Å²) in [7, 11) is 0. The summed E-state index contributed by atoms with van der Waals surface area (Å²) in [5.74, 6) is -1.19. The molecular formula is C32H58N2O9. The number of nitrogens with zero attached hydrogens (tertiary/aromatic N) is 2. The third-order valence-electron chi connectivity index (χ3n) is 8.49. The van der Waals surface area contributed by atoms with Crippen molar-refractivity contribution in [3.8, 4) is 0 Å². The Labute approximate surface area is 257 Å². The molecule has 11 heteroatoms. The summed E-state index contributed by atoms with van der Waals surface area (Å²) >= 11 is 0. The molecule has 43 heavy (non-hydrogen) atoms. The second-order valence-electron chi connectivity index (χ2n) is 12.0. The lowest BCUT2D eigenvalue weighted by Crippen LogP contribution is -2.63. The Balaban J connectivity index is 1.54. The third-order valence-corrected chi connectivity index (χ3v) is 8.49. The fourth-order valence-electron chi connectivity index (χ4n) is 5.64. The van der Waals surface area contributed by atoms with E-state index in [1.165, 1.54) is 89.9 Å². The van der Waals surface area contributed by atoms with Crippen molar-refractivity contribution in [3.63, 3.8) is 0 Å².